The predicted molar refractivity (Wildman–Crippen MR) is 103 cm³/mol. The number of aromatic hydroxyl groups is 1. The van der Waals surface area contributed by atoms with E-state index in [0.717, 1.165) is 38.1 Å². The van der Waals surface area contributed by atoms with Crippen LogP contribution in [0.1, 0.15) is 63.0 Å². The summed E-state index contributed by atoms with van der Waals surface area (Å²) in [7, 11) is 0. The fourth-order valence-corrected chi connectivity index (χ4v) is 5.84. The first-order valence-corrected chi connectivity index (χ1v) is 10.3. The molecule has 1 amide bonds. The number of rotatable bonds is 6. The van der Waals surface area contributed by atoms with Crippen LogP contribution in [0.2, 0.25) is 0 Å². The molecule has 4 heteroatoms. The zero-order chi connectivity index (χ0) is 18.3. The second-order valence-electron chi connectivity index (χ2n) is 8.92. The molecule has 4 rings (SSSR count). The molecule has 1 heterocycles. The van der Waals surface area contributed by atoms with Crippen LogP contribution in [0, 0.1) is 11.8 Å². The van der Waals surface area contributed by atoms with Crippen molar-refractivity contribution in [1.82, 2.24) is 4.90 Å². The molecule has 3 N–H and O–H groups in total. The summed E-state index contributed by atoms with van der Waals surface area (Å²) in [5.74, 6) is 1.59. The first-order chi connectivity index (χ1) is 12.5. The molecular formula is C22H32N2O2. The summed E-state index contributed by atoms with van der Waals surface area (Å²) in [6, 6.07) is 6.53. The smallest absolute Gasteiger partial charge is 0.217 e. The first kappa shape index (κ1) is 17.8. The van der Waals surface area contributed by atoms with Gasteiger partial charge in [-0.2, -0.15) is 0 Å². The summed E-state index contributed by atoms with van der Waals surface area (Å²) in [5, 5.41) is 10.1. The maximum Gasteiger partial charge on any atom is 0.217 e. The van der Waals surface area contributed by atoms with Crippen LogP contribution in [-0.4, -0.2) is 35.0 Å². The Morgan fingerprint density at radius 1 is 1.38 bits per heavy atom. The number of phenolic OH excluding ortho intramolecular Hbond substituents is 1. The Bertz CT molecular complexity index is 685. The summed E-state index contributed by atoms with van der Waals surface area (Å²) in [5.41, 5.74) is 8.19. The fourth-order valence-electron chi connectivity index (χ4n) is 5.84. The molecule has 4 nitrogen and oxygen atoms in total. The molecule has 0 unspecified atom stereocenters. The van der Waals surface area contributed by atoms with Gasteiger partial charge in [-0.1, -0.05) is 19.4 Å². The average Bonchev–Trinajstić information content (AvgIpc) is 2.55. The van der Waals surface area contributed by atoms with Crippen LogP contribution >= 0.6 is 0 Å². The van der Waals surface area contributed by atoms with E-state index in [1.54, 1.807) is 0 Å². The standard InChI is InChI=1S/C22H32N2O2/c1-15-20-12-17-7-8-18(25)13-19(17)22(15,9-3-6-21(23)26)10-11-24(20)14-16-4-2-5-16/h7-8,13,15-16,20,25H,2-6,9-12,14H2,1H3,(H2,23,26)/t15-,20+,22-/m0/s1. The number of primary amides is 1. The Labute approximate surface area is 156 Å². The minimum absolute atomic E-state index is 0.0720. The van der Waals surface area contributed by atoms with Crippen molar-refractivity contribution in [3.8, 4) is 5.75 Å². The first-order valence-electron chi connectivity index (χ1n) is 10.3. The van der Waals surface area contributed by atoms with Crippen LogP contribution in [0.4, 0.5) is 0 Å². The Morgan fingerprint density at radius 2 is 2.19 bits per heavy atom. The molecular weight excluding hydrogens is 324 g/mol. The maximum atomic E-state index is 11.3. The van der Waals surface area contributed by atoms with Gasteiger partial charge in [-0.3, -0.25) is 9.69 Å². The van der Waals surface area contributed by atoms with E-state index >= 15 is 0 Å². The molecule has 1 aromatic rings. The predicted octanol–water partition coefficient (Wildman–Crippen LogP) is 3.35. The van der Waals surface area contributed by atoms with Gasteiger partial charge in [0.05, 0.1) is 0 Å². The lowest BCUT2D eigenvalue weighted by atomic mass is 9.56. The minimum Gasteiger partial charge on any atom is -0.508 e. The molecule has 3 aliphatic rings. The van der Waals surface area contributed by atoms with E-state index in [0.29, 0.717) is 24.1 Å². The summed E-state index contributed by atoms with van der Waals surface area (Å²) < 4.78 is 0. The number of hydrogen-bond acceptors (Lipinski definition) is 3. The van der Waals surface area contributed by atoms with Gasteiger partial charge in [0.25, 0.3) is 0 Å². The molecule has 142 valence electrons. The average molecular weight is 357 g/mol. The molecule has 1 aliphatic heterocycles. The van der Waals surface area contributed by atoms with Crippen LogP contribution in [0.3, 0.4) is 0 Å². The number of fused-ring (bicyclic) bond motifs is 4. The largest absolute Gasteiger partial charge is 0.508 e. The third-order valence-electron chi connectivity index (χ3n) is 7.59. The molecule has 1 saturated heterocycles. The van der Waals surface area contributed by atoms with Crippen molar-refractivity contribution >= 4 is 5.91 Å². The van der Waals surface area contributed by atoms with Crippen molar-refractivity contribution in [2.75, 3.05) is 13.1 Å². The second-order valence-corrected chi connectivity index (χ2v) is 8.92. The molecule has 3 atom stereocenters. The molecule has 26 heavy (non-hydrogen) atoms. The van der Waals surface area contributed by atoms with E-state index in [2.05, 4.69) is 17.9 Å². The van der Waals surface area contributed by atoms with Gasteiger partial charge in [-0.15, -0.1) is 0 Å². The van der Waals surface area contributed by atoms with E-state index in [1.165, 1.54) is 36.9 Å². The van der Waals surface area contributed by atoms with Crippen molar-refractivity contribution in [2.45, 2.75) is 69.7 Å². The number of carbonyl (C=O) groups excluding carboxylic acids is 1. The number of phenols is 1. The summed E-state index contributed by atoms with van der Waals surface area (Å²) in [6.45, 7) is 4.78. The topological polar surface area (TPSA) is 66.6 Å². The Balaban J connectivity index is 1.64. The highest BCUT2D eigenvalue weighted by Crippen LogP contribution is 2.52. The summed E-state index contributed by atoms with van der Waals surface area (Å²) in [6.07, 6.45) is 8.67. The lowest BCUT2D eigenvalue weighted by Crippen LogP contribution is -2.60. The monoisotopic (exact) mass is 356 g/mol. The molecule has 0 spiro atoms. The van der Waals surface area contributed by atoms with Crippen LogP contribution in [0.25, 0.3) is 0 Å². The maximum absolute atomic E-state index is 11.3. The van der Waals surface area contributed by atoms with E-state index in [9.17, 15) is 9.90 Å². The minimum atomic E-state index is -0.208. The van der Waals surface area contributed by atoms with Crippen molar-refractivity contribution in [2.24, 2.45) is 17.6 Å². The van der Waals surface area contributed by atoms with Gasteiger partial charge in [-0.05, 0) is 80.2 Å². The van der Waals surface area contributed by atoms with Crippen molar-refractivity contribution in [3.63, 3.8) is 0 Å². The number of piperidine rings is 1. The number of amides is 1. The van der Waals surface area contributed by atoms with E-state index < -0.39 is 0 Å². The van der Waals surface area contributed by atoms with E-state index in [1.807, 2.05) is 12.1 Å². The van der Waals surface area contributed by atoms with Crippen LogP contribution in [0.5, 0.6) is 5.75 Å². The quantitative estimate of drug-likeness (QED) is 0.821. The SMILES string of the molecule is C[C@H]1[C@H]2Cc3ccc(O)cc3[C@@]1(CCCC(N)=O)CCN2CC1CCC1. The molecule has 2 aliphatic carbocycles. The number of hydrogen-bond donors (Lipinski definition) is 2. The van der Waals surface area contributed by atoms with Gasteiger partial charge in [-0.25, -0.2) is 0 Å². The zero-order valence-electron chi connectivity index (χ0n) is 15.9. The van der Waals surface area contributed by atoms with Gasteiger partial charge >= 0.3 is 0 Å². The van der Waals surface area contributed by atoms with E-state index in [4.69, 9.17) is 5.73 Å². The number of likely N-dealkylation sites (tertiary alicyclic amines) is 1. The normalized spacial score (nSPS) is 31.3. The van der Waals surface area contributed by atoms with Crippen LogP contribution in [-0.2, 0) is 16.6 Å². The molecule has 0 radical (unpaired) electrons. The Hall–Kier alpha value is -1.55. The summed E-state index contributed by atoms with van der Waals surface area (Å²) >= 11 is 0. The highest BCUT2D eigenvalue weighted by atomic mass is 16.3. The van der Waals surface area contributed by atoms with Crippen LogP contribution < -0.4 is 5.73 Å². The fraction of sp³-hybridized carbons (Fsp3) is 0.682. The lowest BCUT2D eigenvalue weighted by molar-refractivity contribution is -0.118. The summed E-state index contributed by atoms with van der Waals surface area (Å²) in [4.78, 5) is 14.0. The van der Waals surface area contributed by atoms with Crippen molar-refractivity contribution < 1.29 is 9.90 Å². The lowest BCUT2D eigenvalue weighted by Gasteiger charge is -2.57. The Kier molecular flexibility index (Phi) is 4.72. The van der Waals surface area contributed by atoms with Crippen molar-refractivity contribution in [3.05, 3.63) is 29.3 Å². The molecule has 2 fully saturated rings. The van der Waals surface area contributed by atoms with Gasteiger partial charge in [0.15, 0.2) is 0 Å². The Morgan fingerprint density at radius 3 is 2.88 bits per heavy atom. The van der Waals surface area contributed by atoms with Gasteiger partial charge in [0.1, 0.15) is 5.75 Å². The van der Waals surface area contributed by atoms with E-state index in [-0.39, 0.29) is 11.3 Å². The highest BCUT2D eigenvalue weighted by Gasteiger charge is 2.51. The number of nitrogens with two attached hydrogens (primary N) is 1. The molecule has 1 saturated carbocycles. The highest BCUT2D eigenvalue weighted by molar-refractivity contribution is 5.73. The molecule has 0 aromatic heterocycles. The third-order valence-corrected chi connectivity index (χ3v) is 7.59. The number of nitrogens with zero attached hydrogens (tertiary/aromatic N) is 1. The van der Waals surface area contributed by atoms with Gasteiger partial charge in [0.2, 0.25) is 5.91 Å². The van der Waals surface area contributed by atoms with Gasteiger partial charge < -0.3 is 10.8 Å². The zero-order valence-corrected chi connectivity index (χ0v) is 15.9. The second kappa shape index (κ2) is 6.88. The number of benzene rings is 1. The van der Waals surface area contributed by atoms with Crippen molar-refractivity contribution in [1.29, 1.82) is 0 Å². The number of carbonyl (C=O) groups is 1. The van der Waals surface area contributed by atoms with Crippen LogP contribution in [0.15, 0.2) is 18.2 Å². The van der Waals surface area contributed by atoms with Gasteiger partial charge in [0, 0.05) is 24.4 Å². The molecule has 2 bridgehead atoms. The molecule has 1 aromatic carbocycles. The third kappa shape index (κ3) is 3.02.